The zero-order chi connectivity index (χ0) is 17.8. The van der Waals surface area contributed by atoms with E-state index in [1.807, 2.05) is 19.1 Å². The van der Waals surface area contributed by atoms with Crippen molar-refractivity contribution >= 4 is 17.4 Å². The Morgan fingerprint density at radius 1 is 1.12 bits per heavy atom. The molecule has 1 aliphatic heterocycles. The minimum atomic E-state index is -0.367. The van der Waals surface area contributed by atoms with E-state index in [1.165, 1.54) is 17.7 Å². The van der Waals surface area contributed by atoms with Crippen molar-refractivity contribution < 1.29 is 13.9 Å². The molecule has 1 N–H and O–H groups in total. The summed E-state index contributed by atoms with van der Waals surface area (Å²) < 4.78 is 18.7. The van der Waals surface area contributed by atoms with E-state index in [2.05, 4.69) is 16.3 Å². The van der Waals surface area contributed by atoms with Crippen LogP contribution in [0.1, 0.15) is 5.56 Å². The number of hydrogen-bond donors (Lipinski definition) is 1. The van der Waals surface area contributed by atoms with Gasteiger partial charge >= 0.3 is 6.03 Å². The van der Waals surface area contributed by atoms with E-state index in [4.69, 9.17) is 4.74 Å². The first-order valence-corrected chi connectivity index (χ1v) is 8.28. The van der Waals surface area contributed by atoms with Crippen molar-refractivity contribution in [2.45, 2.75) is 6.92 Å². The molecular weight excluding hydrogens is 321 g/mol. The number of piperazine rings is 1. The molecule has 0 aromatic heterocycles. The van der Waals surface area contributed by atoms with Crippen molar-refractivity contribution in [3.63, 3.8) is 0 Å². The van der Waals surface area contributed by atoms with E-state index in [-0.39, 0.29) is 11.8 Å². The average molecular weight is 343 g/mol. The van der Waals surface area contributed by atoms with E-state index in [0.717, 1.165) is 24.5 Å². The molecule has 0 atom stereocenters. The Morgan fingerprint density at radius 3 is 2.56 bits per heavy atom. The smallest absolute Gasteiger partial charge is 0.321 e. The van der Waals surface area contributed by atoms with Crippen molar-refractivity contribution in [2.75, 3.05) is 43.5 Å². The van der Waals surface area contributed by atoms with Crippen LogP contribution in [0.15, 0.2) is 42.5 Å². The number of benzene rings is 2. The number of hydrogen-bond acceptors (Lipinski definition) is 3. The number of methoxy groups -OCH3 is 1. The zero-order valence-corrected chi connectivity index (χ0v) is 14.5. The molecule has 132 valence electrons. The lowest BCUT2D eigenvalue weighted by Crippen LogP contribution is -2.50. The molecule has 1 heterocycles. The standard InChI is InChI=1S/C19H22FN3O2/c1-14-6-7-18(25-2)17(12-14)22-8-10-23(11-9-22)19(24)21-16-5-3-4-15(20)13-16/h3-7,12-13H,8-11H2,1-2H3,(H,21,24). The molecule has 0 radical (unpaired) electrons. The number of rotatable bonds is 3. The molecule has 0 aliphatic carbocycles. The number of ether oxygens (including phenoxy) is 1. The molecule has 1 saturated heterocycles. The molecule has 6 heteroatoms. The largest absolute Gasteiger partial charge is 0.495 e. The summed E-state index contributed by atoms with van der Waals surface area (Å²) in [6.07, 6.45) is 0. The fourth-order valence-electron chi connectivity index (χ4n) is 2.97. The SMILES string of the molecule is COc1ccc(C)cc1N1CCN(C(=O)Nc2cccc(F)c2)CC1. The molecule has 2 amide bonds. The maximum absolute atomic E-state index is 13.2. The highest BCUT2D eigenvalue weighted by atomic mass is 19.1. The van der Waals surface area contributed by atoms with Crippen LogP contribution in [0.2, 0.25) is 0 Å². The number of urea groups is 1. The summed E-state index contributed by atoms with van der Waals surface area (Å²) in [4.78, 5) is 16.3. The van der Waals surface area contributed by atoms with E-state index in [0.29, 0.717) is 18.8 Å². The molecule has 3 rings (SSSR count). The minimum absolute atomic E-state index is 0.207. The van der Waals surface area contributed by atoms with Crippen molar-refractivity contribution in [3.8, 4) is 5.75 Å². The summed E-state index contributed by atoms with van der Waals surface area (Å²) in [5, 5.41) is 2.74. The van der Waals surface area contributed by atoms with Crippen molar-refractivity contribution in [1.82, 2.24) is 4.90 Å². The van der Waals surface area contributed by atoms with Gasteiger partial charge in [-0.1, -0.05) is 12.1 Å². The Labute approximate surface area is 147 Å². The maximum Gasteiger partial charge on any atom is 0.321 e. The Balaban J connectivity index is 1.62. The van der Waals surface area contributed by atoms with Crippen LogP contribution < -0.4 is 15.0 Å². The lowest BCUT2D eigenvalue weighted by molar-refractivity contribution is 0.208. The lowest BCUT2D eigenvalue weighted by Gasteiger charge is -2.36. The van der Waals surface area contributed by atoms with Crippen LogP contribution in [0, 0.1) is 12.7 Å². The molecule has 1 aliphatic rings. The average Bonchev–Trinajstić information content (AvgIpc) is 2.62. The predicted molar refractivity (Wildman–Crippen MR) is 96.9 cm³/mol. The molecule has 25 heavy (non-hydrogen) atoms. The lowest BCUT2D eigenvalue weighted by atomic mass is 10.1. The summed E-state index contributed by atoms with van der Waals surface area (Å²) in [6.45, 7) is 4.68. The predicted octanol–water partition coefficient (Wildman–Crippen LogP) is 3.50. The van der Waals surface area contributed by atoms with Gasteiger partial charge in [-0.2, -0.15) is 0 Å². The van der Waals surface area contributed by atoms with Crippen LogP contribution in [0.5, 0.6) is 5.75 Å². The molecule has 0 bridgehead atoms. The van der Waals surface area contributed by atoms with E-state index in [9.17, 15) is 9.18 Å². The number of anilines is 2. The van der Waals surface area contributed by atoms with Gasteiger partial charge < -0.3 is 19.9 Å². The quantitative estimate of drug-likeness (QED) is 0.928. The number of aryl methyl sites for hydroxylation is 1. The van der Waals surface area contributed by atoms with Gasteiger partial charge in [0, 0.05) is 31.9 Å². The fourth-order valence-corrected chi connectivity index (χ4v) is 2.97. The van der Waals surface area contributed by atoms with Crippen molar-refractivity contribution in [2.24, 2.45) is 0 Å². The van der Waals surface area contributed by atoms with Gasteiger partial charge in [-0.25, -0.2) is 9.18 Å². The molecule has 1 fully saturated rings. The van der Waals surface area contributed by atoms with Crippen molar-refractivity contribution in [1.29, 1.82) is 0 Å². The van der Waals surface area contributed by atoms with Crippen LogP contribution in [0.25, 0.3) is 0 Å². The number of carbonyl (C=O) groups excluding carboxylic acids is 1. The summed E-state index contributed by atoms with van der Waals surface area (Å²) in [5.74, 6) is 0.470. The van der Waals surface area contributed by atoms with Crippen LogP contribution in [0.4, 0.5) is 20.6 Å². The van der Waals surface area contributed by atoms with E-state index < -0.39 is 0 Å². The third-order valence-electron chi connectivity index (χ3n) is 4.32. The first kappa shape index (κ1) is 17.1. The Hall–Kier alpha value is -2.76. The molecule has 2 aromatic rings. The van der Waals surface area contributed by atoms with Gasteiger partial charge in [0.1, 0.15) is 11.6 Å². The summed E-state index contributed by atoms with van der Waals surface area (Å²) in [5.41, 5.74) is 2.68. The monoisotopic (exact) mass is 343 g/mol. The highest BCUT2D eigenvalue weighted by Gasteiger charge is 2.23. The molecular formula is C19H22FN3O2. The van der Waals surface area contributed by atoms with Gasteiger partial charge in [0.2, 0.25) is 0 Å². The Kier molecular flexibility index (Phi) is 5.07. The normalized spacial score (nSPS) is 14.4. The third kappa shape index (κ3) is 4.02. The van der Waals surface area contributed by atoms with Gasteiger partial charge in [0.15, 0.2) is 0 Å². The van der Waals surface area contributed by atoms with Gasteiger partial charge in [-0.15, -0.1) is 0 Å². The van der Waals surface area contributed by atoms with Gasteiger partial charge in [0.25, 0.3) is 0 Å². The van der Waals surface area contributed by atoms with Crippen LogP contribution in [0.3, 0.4) is 0 Å². The summed E-state index contributed by atoms with van der Waals surface area (Å²) >= 11 is 0. The zero-order valence-electron chi connectivity index (χ0n) is 14.5. The molecule has 2 aromatic carbocycles. The first-order valence-electron chi connectivity index (χ1n) is 8.28. The van der Waals surface area contributed by atoms with Gasteiger partial charge in [-0.05, 0) is 42.8 Å². The topological polar surface area (TPSA) is 44.8 Å². The molecule has 5 nitrogen and oxygen atoms in total. The van der Waals surface area contributed by atoms with Gasteiger partial charge in [0.05, 0.1) is 12.8 Å². The van der Waals surface area contributed by atoms with E-state index >= 15 is 0 Å². The van der Waals surface area contributed by atoms with Crippen LogP contribution >= 0.6 is 0 Å². The second-order valence-corrected chi connectivity index (χ2v) is 6.09. The number of nitrogens with one attached hydrogen (secondary N) is 1. The van der Waals surface area contributed by atoms with Crippen LogP contribution in [-0.4, -0.2) is 44.2 Å². The number of carbonyl (C=O) groups is 1. The molecule has 0 spiro atoms. The van der Waals surface area contributed by atoms with Crippen LogP contribution in [-0.2, 0) is 0 Å². The van der Waals surface area contributed by atoms with E-state index in [1.54, 1.807) is 24.1 Å². The number of amides is 2. The third-order valence-corrected chi connectivity index (χ3v) is 4.32. The van der Waals surface area contributed by atoms with Gasteiger partial charge in [-0.3, -0.25) is 0 Å². The second kappa shape index (κ2) is 7.42. The highest BCUT2D eigenvalue weighted by Crippen LogP contribution is 2.30. The first-order chi connectivity index (χ1) is 12.1. The minimum Gasteiger partial charge on any atom is -0.495 e. The fraction of sp³-hybridized carbons (Fsp3) is 0.316. The second-order valence-electron chi connectivity index (χ2n) is 6.09. The Morgan fingerprint density at radius 2 is 1.88 bits per heavy atom. The number of halogens is 1. The summed E-state index contributed by atoms with van der Waals surface area (Å²) in [6, 6.07) is 11.8. The van der Waals surface area contributed by atoms with Crippen molar-refractivity contribution in [3.05, 3.63) is 53.8 Å². The Bertz CT molecular complexity index is 758. The number of nitrogens with zero attached hydrogens (tertiary/aromatic N) is 2. The highest BCUT2D eigenvalue weighted by molar-refractivity contribution is 5.89. The summed E-state index contributed by atoms with van der Waals surface area (Å²) in [7, 11) is 1.66. The maximum atomic E-state index is 13.2. The molecule has 0 unspecified atom stereocenters. The molecule has 0 saturated carbocycles.